The van der Waals surface area contributed by atoms with Crippen LogP contribution in [0.4, 0.5) is 13.2 Å². The van der Waals surface area contributed by atoms with Gasteiger partial charge in [0.2, 0.25) is 0 Å². The van der Waals surface area contributed by atoms with Crippen molar-refractivity contribution in [2.75, 3.05) is 0 Å². The fourth-order valence-electron chi connectivity index (χ4n) is 1.59. The Morgan fingerprint density at radius 3 is 2.68 bits per heavy atom. The summed E-state index contributed by atoms with van der Waals surface area (Å²) < 4.78 is 37.4. The normalized spacial score (nSPS) is 11.3. The molecule has 3 nitrogen and oxygen atoms in total. The molecule has 0 aliphatic heterocycles. The lowest BCUT2D eigenvalue weighted by atomic mass is 10.1. The number of halogens is 4. The molecule has 0 spiro atoms. The van der Waals surface area contributed by atoms with Crippen molar-refractivity contribution in [1.82, 2.24) is 9.78 Å². The summed E-state index contributed by atoms with van der Waals surface area (Å²) in [5.74, 6) is 0. The average Bonchev–Trinajstić information content (AvgIpc) is 2.74. The molecule has 0 bridgehead atoms. The van der Waals surface area contributed by atoms with Crippen LogP contribution in [0.5, 0.6) is 0 Å². The molecule has 0 N–H and O–H groups in total. The second kappa shape index (κ2) is 4.94. The van der Waals surface area contributed by atoms with Gasteiger partial charge in [-0.15, -0.1) is 0 Å². The highest BCUT2D eigenvalue weighted by atomic mass is 35.5. The Morgan fingerprint density at radius 1 is 1.37 bits per heavy atom. The average molecular weight is 286 g/mol. The minimum atomic E-state index is -4.32. The zero-order valence-electron chi connectivity index (χ0n) is 9.45. The van der Waals surface area contributed by atoms with Crippen molar-refractivity contribution in [1.29, 1.82) is 5.26 Å². The Bertz CT molecular complexity index is 640. The molecule has 19 heavy (non-hydrogen) atoms. The fourth-order valence-corrected chi connectivity index (χ4v) is 1.88. The molecule has 0 saturated heterocycles. The predicted octanol–water partition coefficient (Wildman–Crippen LogP) is 3.64. The number of hydrogen-bond acceptors (Lipinski definition) is 2. The van der Waals surface area contributed by atoms with Gasteiger partial charge in [0.1, 0.15) is 6.54 Å². The molecule has 0 saturated carbocycles. The van der Waals surface area contributed by atoms with E-state index in [4.69, 9.17) is 16.9 Å². The van der Waals surface area contributed by atoms with E-state index in [-0.39, 0.29) is 0 Å². The number of alkyl halides is 3. The lowest BCUT2D eigenvalue weighted by Gasteiger charge is -2.05. The molecule has 0 fully saturated rings. The molecule has 0 unspecified atom stereocenters. The van der Waals surface area contributed by atoms with Crippen molar-refractivity contribution in [3.8, 4) is 17.2 Å². The molecular weight excluding hydrogens is 279 g/mol. The highest BCUT2D eigenvalue weighted by Gasteiger charge is 2.28. The largest absolute Gasteiger partial charge is 0.408 e. The molecule has 1 aromatic carbocycles. The van der Waals surface area contributed by atoms with Crippen molar-refractivity contribution in [2.24, 2.45) is 0 Å². The fraction of sp³-hybridized carbons (Fsp3) is 0.167. The second-order valence-electron chi connectivity index (χ2n) is 3.85. The minimum Gasteiger partial charge on any atom is -0.263 e. The van der Waals surface area contributed by atoms with Gasteiger partial charge in [0.25, 0.3) is 0 Å². The summed E-state index contributed by atoms with van der Waals surface area (Å²) in [5, 5.41) is 12.6. The summed E-state index contributed by atoms with van der Waals surface area (Å²) in [4.78, 5) is 0. The highest BCUT2D eigenvalue weighted by molar-refractivity contribution is 6.33. The second-order valence-corrected chi connectivity index (χ2v) is 4.26. The van der Waals surface area contributed by atoms with Crippen molar-refractivity contribution in [3.05, 3.63) is 41.2 Å². The van der Waals surface area contributed by atoms with Crippen LogP contribution >= 0.6 is 11.6 Å². The molecule has 7 heteroatoms. The molecule has 0 radical (unpaired) electrons. The number of aromatic nitrogens is 2. The van der Waals surface area contributed by atoms with Crippen LogP contribution in [0.3, 0.4) is 0 Å². The van der Waals surface area contributed by atoms with E-state index in [0.29, 0.717) is 21.7 Å². The number of hydrogen-bond donors (Lipinski definition) is 0. The van der Waals surface area contributed by atoms with Gasteiger partial charge in [-0.25, -0.2) is 0 Å². The molecule has 0 aliphatic carbocycles. The zero-order valence-corrected chi connectivity index (χ0v) is 10.2. The van der Waals surface area contributed by atoms with E-state index in [2.05, 4.69) is 5.10 Å². The van der Waals surface area contributed by atoms with Gasteiger partial charge >= 0.3 is 6.18 Å². The van der Waals surface area contributed by atoms with Crippen LogP contribution in [0.2, 0.25) is 5.02 Å². The summed E-state index contributed by atoms with van der Waals surface area (Å²) in [5.41, 5.74) is 1.39. The Labute approximate surface area is 111 Å². The van der Waals surface area contributed by atoms with E-state index < -0.39 is 12.7 Å². The van der Waals surface area contributed by atoms with Crippen LogP contribution in [-0.2, 0) is 6.54 Å². The predicted molar refractivity (Wildman–Crippen MR) is 63.4 cm³/mol. The first-order valence-corrected chi connectivity index (χ1v) is 5.56. The first-order chi connectivity index (χ1) is 8.89. The van der Waals surface area contributed by atoms with E-state index in [9.17, 15) is 13.2 Å². The van der Waals surface area contributed by atoms with Crippen molar-refractivity contribution < 1.29 is 13.2 Å². The SMILES string of the molecule is N#Cc1ccc(-c2cnn(CC(F)(F)F)c2)c(Cl)c1. The molecule has 1 aromatic heterocycles. The van der Waals surface area contributed by atoms with Gasteiger partial charge in [0.15, 0.2) is 0 Å². The molecule has 98 valence electrons. The van der Waals surface area contributed by atoms with Crippen LogP contribution in [0.15, 0.2) is 30.6 Å². The van der Waals surface area contributed by atoms with E-state index >= 15 is 0 Å². The third-order valence-corrected chi connectivity index (χ3v) is 2.70. The van der Waals surface area contributed by atoms with Gasteiger partial charge < -0.3 is 0 Å². The van der Waals surface area contributed by atoms with Crippen LogP contribution in [0.1, 0.15) is 5.56 Å². The summed E-state index contributed by atoms with van der Waals surface area (Å²) in [6.45, 7) is -1.15. The van der Waals surface area contributed by atoms with E-state index in [1.54, 1.807) is 12.1 Å². The Morgan fingerprint density at radius 2 is 2.11 bits per heavy atom. The van der Waals surface area contributed by atoms with Crippen molar-refractivity contribution >= 4 is 11.6 Å². The van der Waals surface area contributed by atoms with E-state index in [1.807, 2.05) is 6.07 Å². The van der Waals surface area contributed by atoms with Gasteiger partial charge in [-0.3, -0.25) is 4.68 Å². The van der Waals surface area contributed by atoms with Gasteiger partial charge in [0, 0.05) is 22.3 Å². The number of benzene rings is 1. The maximum Gasteiger partial charge on any atom is 0.408 e. The monoisotopic (exact) mass is 285 g/mol. The van der Waals surface area contributed by atoms with E-state index in [0.717, 1.165) is 4.68 Å². The van der Waals surface area contributed by atoms with Gasteiger partial charge in [-0.05, 0) is 12.1 Å². The molecule has 0 amide bonds. The van der Waals surface area contributed by atoms with Crippen molar-refractivity contribution in [3.63, 3.8) is 0 Å². The minimum absolute atomic E-state index is 0.297. The summed E-state index contributed by atoms with van der Waals surface area (Å²) >= 11 is 5.97. The number of nitriles is 1. The topological polar surface area (TPSA) is 41.6 Å². The Balaban J connectivity index is 2.31. The van der Waals surface area contributed by atoms with Crippen LogP contribution in [0, 0.1) is 11.3 Å². The molecular formula is C12H7ClF3N3. The highest BCUT2D eigenvalue weighted by Crippen LogP contribution is 2.29. The maximum atomic E-state index is 12.2. The molecule has 0 aliphatic rings. The molecule has 1 heterocycles. The van der Waals surface area contributed by atoms with Gasteiger partial charge in [0.05, 0.1) is 17.8 Å². The van der Waals surface area contributed by atoms with Crippen LogP contribution < -0.4 is 0 Å². The standard InChI is InChI=1S/C12H7ClF3N3/c13-11-3-8(4-17)1-2-10(11)9-5-18-19(6-9)7-12(14,15)16/h1-3,5-6H,7H2. The number of nitrogens with zero attached hydrogens (tertiary/aromatic N) is 3. The molecule has 2 aromatic rings. The molecule has 0 atom stereocenters. The first kappa shape index (κ1) is 13.4. The maximum absolute atomic E-state index is 12.2. The Kier molecular flexibility index (Phi) is 3.49. The summed E-state index contributed by atoms with van der Waals surface area (Å²) in [6, 6.07) is 6.51. The molecule has 2 rings (SSSR count). The first-order valence-electron chi connectivity index (χ1n) is 5.18. The summed E-state index contributed by atoms with van der Waals surface area (Å²) in [7, 11) is 0. The van der Waals surface area contributed by atoms with Crippen LogP contribution in [0.25, 0.3) is 11.1 Å². The number of rotatable bonds is 2. The lowest BCUT2D eigenvalue weighted by molar-refractivity contribution is -0.142. The third-order valence-electron chi connectivity index (χ3n) is 2.38. The van der Waals surface area contributed by atoms with Gasteiger partial charge in [-0.1, -0.05) is 17.7 Å². The summed E-state index contributed by atoms with van der Waals surface area (Å²) in [6.07, 6.45) is -1.75. The van der Waals surface area contributed by atoms with Crippen molar-refractivity contribution in [2.45, 2.75) is 12.7 Å². The van der Waals surface area contributed by atoms with E-state index in [1.165, 1.54) is 18.5 Å². The zero-order chi connectivity index (χ0) is 14.0. The van der Waals surface area contributed by atoms with Gasteiger partial charge in [-0.2, -0.15) is 23.5 Å². The quantitative estimate of drug-likeness (QED) is 0.845. The third kappa shape index (κ3) is 3.26. The lowest BCUT2D eigenvalue weighted by Crippen LogP contribution is -2.17. The smallest absolute Gasteiger partial charge is 0.263 e. The van der Waals surface area contributed by atoms with Crippen LogP contribution in [-0.4, -0.2) is 16.0 Å². The Hall–Kier alpha value is -2.00.